The molecular weight excluding hydrogens is 498 g/mol. The molecule has 33 heavy (non-hydrogen) atoms. The van der Waals surface area contributed by atoms with Gasteiger partial charge in [0, 0.05) is 68.2 Å². The minimum Gasteiger partial charge on any atom is -0.490 e. The van der Waals surface area contributed by atoms with E-state index in [1.165, 1.54) is 0 Å². The summed E-state index contributed by atoms with van der Waals surface area (Å²) in [5, 5.41) is 0. The lowest BCUT2D eigenvalue weighted by Gasteiger charge is -2.41. The number of piperidine rings is 1. The van der Waals surface area contributed by atoms with E-state index in [4.69, 9.17) is 9.47 Å². The molecule has 2 saturated heterocycles. The molecule has 2 amide bonds. The first-order valence-electron chi connectivity index (χ1n) is 11.7. The van der Waals surface area contributed by atoms with Crippen LogP contribution >= 0.6 is 15.9 Å². The molecule has 182 valence electrons. The van der Waals surface area contributed by atoms with Crippen LogP contribution in [0.1, 0.15) is 38.5 Å². The molecule has 1 aromatic carbocycles. The summed E-state index contributed by atoms with van der Waals surface area (Å²) in [5.41, 5.74) is 0. The summed E-state index contributed by atoms with van der Waals surface area (Å²) in [7, 11) is 0. The van der Waals surface area contributed by atoms with Gasteiger partial charge in [0.25, 0.3) is 0 Å². The highest BCUT2D eigenvalue weighted by Crippen LogP contribution is 2.38. The fourth-order valence-corrected chi connectivity index (χ4v) is 5.37. The average Bonchev–Trinajstić information content (AvgIpc) is 2.80. The number of carbonyl (C=O) groups excluding carboxylic acids is 2. The second-order valence-electron chi connectivity index (χ2n) is 9.27. The topological polar surface area (TPSA) is 59.1 Å². The van der Waals surface area contributed by atoms with Crippen LogP contribution in [0.4, 0.5) is 8.78 Å². The SMILES string of the molecule is O=C(C[C@H]1CN(C(=O)C2CCC(F)(F)CC2)CC[C@@H]1Oc1cccc(Br)c1)N1CCOCC1. The molecular formula is C24H31BrF2N2O4. The van der Waals surface area contributed by atoms with Crippen LogP contribution in [0.3, 0.4) is 0 Å². The van der Waals surface area contributed by atoms with Crippen molar-refractivity contribution in [2.45, 2.75) is 50.6 Å². The number of ether oxygens (including phenoxy) is 2. The van der Waals surface area contributed by atoms with Crippen molar-refractivity contribution in [3.05, 3.63) is 28.7 Å². The zero-order valence-electron chi connectivity index (χ0n) is 18.7. The van der Waals surface area contributed by atoms with Crippen molar-refractivity contribution < 1.29 is 27.8 Å². The van der Waals surface area contributed by atoms with Crippen LogP contribution in [0.2, 0.25) is 0 Å². The molecule has 0 unspecified atom stereocenters. The second kappa shape index (κ2) is 10.7. The third-order valence-corrected chi connectivity index (χ3v) is 7.42. The molecule has 2 atom stereocenters. The Morgan fingerprint density at radius 2 is 1.82 bits per heavy atom. The third kappa shape index (κ3) is 6.44. The van der Waals surface area contributed by atoms with Crippen LogP contribution in [-0.4, -0.2) is 73.0 Å². The van der Waals surface area contributed by atoms with Crippen molar-refractivity contribution in [3.8, 4) is 5.75 Å². The molecule has 0 N–H and O–H groups in total. The molecule has 9 heteroatoms. The first-order valence-corrected chi connectivity index (χ1v) is 12.5. The molecule has 0 bridgehead atoms. The van der Waals surface area contributed by atoms with Gasteiger partial charge in [-0.15, -0.1) is 0 Å². The van der Waals surface area contributed by atoms with E-state index in [2.05, 4.69) is 15.9 Å². The summed E-state index contributed by atoms with van der Waals surface area (Å²) in [4.78, 5) is 29.7. The Balaban J connectivity index is 1.43. The predicted octanol–water partition coefficient (Wildman–Crippen LogP) is 4.12. The van der Waals surface area contributed by atoms with E-state index in [0.717, 1.165) is 4.47 Å². The van der Waals surface area contributed by atoms with E-state index in [9.17, 15) is 18.4 Å². The highest BCUT2D eigenvalue weighted by atomic mass is 79.9. The van der Waals surface area contributed by atoms with Gasteiger partial charge in [0.1, 0.15) is 11.9 Å². The number of nitrogens with zero attached hydrogens (tertiary/aromatic N) is 2. The van der Waals surface area contributed by atoms with Crippen molar-refractivity contribution in [1.82, 2.24) is 9.80 Å². The highest BCUT2D eigenvalue weighted by molar-refractivity contribution is 9.10. The van der Waals surface area contributed by atoms with Crippen molar-refractivity contribution >= 4 is 27.7 Å². The van der Waals surface area contributed by atoms with Gasteiger partial charge >= 0.3 is 0 Å². The molecule has 3 fully saturated rings. The third-order valence-electron chi connectivity index (χ3n) is 6.93. The Labute approximate surface area is 201 Å². The van der Waals surface area contributed by atoms with Crippen molar-refractivity contribution in [1.29, 1.82) is 0 Å². The van der Waals surface area contributed by atoms with Gasteiger partial charge in [-0.05, 0) is 31.0 Å². The zero-order valence-corrected chi connectivity index (χ0v) is 20.3. The second-order valence-corrected chi connectivity index (χ2v) is 10.2. The van der Waals surface area contributed by atoms with Crippen LogP contribution in [0, 0.1) is 11.8 Å². The first-order chi connectivity index (χ1) is 15.8. The van der Waals surface area contributed by atoms with Crippen LogP contribution in [0.15, 0.2) is 28.7 Å². The van der Waals surface area contributed by atoms with Crippen LogP contribution in [0.5, 0.6) is 5.75 Å². The number of carbonyl (C=O) groups is 2. The molecule has 0 spiro atoms. The molecule has 1 aliphatic carbocycles. The predicted molar refractivity (Wildman–Crippen MR) is 122 cm³/mol. The lowest BCUT2D eigenvalue weighted by Crippen LogP contribution is -2.52. The fourth-order valence-electron chi connectivity index (χ4n) is 4.99. The molecule has 6 nitrogen and oxygen atoms in total. The minimum atomic E-state index is -2.66. The Hall–Kier alpha value is -1.74. The normalized spacial score (nSPS) is 26.2. The number of morpholine rings is 1. The van der Waals surface area contributed by atoms with Crippen molar-refractivity contribution in [2.24, 2.45) is 11.8 Å². The summed E-state index contributed by atoms with van der Waals surface area (Å²) in [6.45, 7) is 3.12. The number of alkyl halides is 2. The lowest BCUT2D eigenvalue weighted by atomic mass is 9.84. The Bertz CT molecular complexity index is 840. The smallest absolute Gasteiger partial charge is 0.248 e. The van der Waals surface area contributed by atoms with Gasteiger partial charge in [-0.2, -0.15) is 0 Å². The van der Waals surface area contributed by atoms with Gasteiger partial charge in [0.05, 0.1) is 13.2 Å². The van der Waals surface area contributed by atoms with Crippen LogP contribution < -0.4 is 4.74 Å². The number of amides is 2. The molecule has 4 rings (SSSR count). The molecule has 2 heterocycles. The lowest BCUT2D eigenvalue weighted by molar-refractivity contribution is -0.146. The number of likely N-dealkylation sites (tertiary alicyclic amines) is 1. The van der Waals surface area contributed by atoms with Gasteiger partial charge in [-0.25, -0.2) is 8.78 Å². The highest BCUT2D eigenvalue weighted by Gasteiger charge is 2.41. The number of hydrogen-bond acceptors (Lipinski definition) is 4. The van der Waals surface area contributed by atoms with Gasteiger partial charge in [0.15, 0.2) is 0 Å². The van der Waals surface area contributed by atoms with E-state index >= 15 is 0 Å². The summed E-state index contributed by atoms with van der Waals surface area (Å²) >= 11 is 3.46. The van der Waals surface area contributed by atoms with E-state index < -0.39 is 5.92 Å². The van der Waals surface area contributed by atoms with E-state index in [1.54, 1.807) is 4.90 Å². The molecule has 0 radical (unpaired) electrons. The van der Waals surface area contributed by atoms with Crippen LogP contribution in [-0.2, 0) is 14.3 Å². The Kier molecular flexibility index (Phi) is 7.89. The number of hydrogen-bond donors (Lipinski definition) is 0. The average molecular weight is 529 g/mol. The summed E-state index contributed by atoms with van der Waals surface area (Å²) < 4.78 is 39.6. The Morgan fingerprint density at radius 3 is 2.52 bits per heavy atom. The van der Waals surface area contributed by atoms with E-state index in [0.29, 0.717) is 51.6 Å². The van der Waals surface area contributed by atoms with Crippen LogP contribution in [0.25, 0.3) is 0 Å². The van der Waals surface area contributed by atoms with E-state index in [-0.39, 0.29) is 61.9 Å². The molecule has 3 aliphatic rings. The number of benzene rings is 1. The zero-order chi connectivity index (χ0) is 23.4. The standard InChI is InChI=1S/C24H31BrF2N2O4/c25-19-2-1-3-20(15-19)33-21-6-9-29(23(31)17-4-7-24(26,27)8-5-17)16-18(21)14-22(30)28-10-12-32-13-11-28/h1-3,15,17-18,21H,4-14,16H2/t18-,21-/m0/s1. The maximum Gasteiger partial charge on any atom is 0.248 e. The summed E-state index contributed by atoms with van der Waals surface area (Å²) in [6, 6.07) is 7.58. The maximum absolute atomic E-state index is 13.6. The largest absolute Gasteiger partial charge is 0.490 e. The maximum atomic E-state index is 13.6. The van der Waals surface area contributed by atoms with Crippen molar-refractivity contribution in [2.75, 3.05) is 39.4 Å². The monoisotopic (exact) mass is 528 g/mol. The van der Waals surface area contributed by atoms with Gasteiger partial charge < -0.3 is 19.3 Å². The molecule has 1 aromatic rings. The summed E-state index contributed by atoms with van der Waals surface area (Å²) in [6.07, 6.45) is 0.655. The molecule has 0 aromatic heterocycles. The first kappa shape index (κ1) is 24.4. The van der Waals surface area contributed by atoms with E-state index in [1.807, 2.05) is 29.2 Å². The molecule has 1 saturated carbocycles. The van der Waals surface area contributed by atoms with Gasteiger partial charge in [0.2, 0.25) is 17.7 Å². The van der Waals surface area contributed by atoms with Gasteiger partial charge in [-0.1, -0.05) is 22.0 Å². The molecule has 2 aliphatic heterocycles. The number of rotatable bonds is 5. The Morgan fingerprint density at radius 1 is 1.09 bits per heavy atom. The quantitative estimate of drug-likeness (QED) is 0.576. The fraction of sp³-hybridized carbons (Fsp3) is 0.667. The van der Waals surface area contributed by atoms with Gasteiger partial charge in [-0.3, -0.25) is 9.59 Å². The summed E-state index contributed by atoms with van der Waals surface area (Å²) in [5.74, 6) is -2.49. The number of halogens is 3. The minimum absolute atomic E-state index is 0.0396. The van der Waals surface area contributed by atoms with Crippen molar-refractivity contribution in [3.63, 3.8) is 0 Å².